The predicted octanol–water partition coefficient (Wildman–Crippen LogP) is 5.13. The summed E-state index contributed by atoms with van der Waals surface area (Å²) < 4.78 is 20.9. The predicted molar refractivity (Wildman–Crippen MR) is 115 cm³/mol. The standard InChI is InChI=1S/C24H30O6/c1-27-17-11-13-19(23(15-17)29-3)21(25)9-7-5-6-8-10-22(26)20-14-12-18(28-2)16-24(20)30-4/h11-16H,5-10H2,1-4H3. The third kappa shape index (κ3) is 6.24. The van der Waals surface area contributed by atoms with Crippen LogP contribution in [-0.2, 0) is 0 Å². The first-order valence-corrected chi connectivity index (χ1v) is 10.0. The highest BCUT2D eigenvalue weighted by atomic mass is 16.5. The van der Waals surface area contributed by atoms with Gasteiger partial charge in [0.25, 0.3) is 0 Å². The van der Waals surface area contributed by atoms with Gasteiger partial charge < -0.3 is 18.9 Å². The van der Waals surface area contributed by atoms with Gasteiger partial charge in [0.1, 0.15) is 23.0 Å². The lowest BCUT2D eigenvalue weighted by atomic mass is 10.0. The zero-order valence-electron chi connectivity index (χ0n) is 18.2. The first-order valence-electron chi connectivity index (χ1n) is 10.0. The molecule has 2 aromatic rings. The molecule has 0 spiro atoms. The quantitative estimate of drug-likeness (QED) is 0.334. The summed E-state index contributed by atoms with van der Waals surface area (Å²) in [6.45, 7) is 0. The van der Waals surface area contributed by atoms with E-state index in [0.29, 0.717) is 47.0 Å². The molecule has 0 aliphatic rings. The minimum Gasteiger partial charge on any atom is -0.497 e. The van der Waals surface area contributed by atoms with Gasteiger partial charge >= 0.3 is 0 Å². The summed E-state index contributed by atoms with van der Waals surface area (Å²) in [6.07, 6.45) is 4.21. The van der Waals surface area contributed by atoms with Crippen LogP contribution in [0.25, 0.3) is 0 Å². The summed E-state index contributed by atoms with van der Waals surface area (Å²) >= 11 is 0. The lowest BCUT2D eigenvalue weighted by Gasteiger charge is -2.10. The maximum atomic E-state index is 12.5. The average molecular weight is 414 g/mol. The van der Waals surface area contributed by atoms with Crippen LogP contribution in [-0.4, -0.2) is 40.0 Å². The van der Waals surface area contributed by atoms with E-state index >= 15 is 0 Å². The number of benzene rings is 2. The Morgan fingerprint density at radius 3 is 1.33 bits per heavy atom. The lowest BCUT2D eigenvalue weighted by molar-refractivity contribution is 0.0963. The number of Topliss-reactive ketones (excluding diaryl/α,β-unsaturated/α-hetero) is 2. The van der Waals surface area contributed by atoms with E-state index in [0.717, 1.165) is 25.7 Å². The second-order valence-electron chi connectivity index (χ2n) is 6.89. The Morgan fingerprint density at radius 2 is 1.00 bits per heavy atom. The van der Waals surface area contributed by atoms with Crippen LogP contribution in [0.15, 0.2) is 36.4 Å². The van der Waals surface area contributed by atoms with E-state index in [1.54, 1.807) is 64.8 Å². The van der Waals surface area contributed by atoms with Gasteiger partial charge in [-0.1, -0.05) is 12.8 Å². The van der Waals surface area contributed by atoms with Gasteiger partial charge in [-0.15, -0.1) is 0 Å². The van der Waals surface area contributed by atoms with Crippen LogP contribution < -0.4 is 18.9 Å². The zero-order chi connectivity index (χ0) is 21.9. The van der Waals surface area contributed by atoms with Crippen LogP contribution in [0.5, 0.6) is 23.0 Å². The largest absolute Gasteiger partial charge is 0.497 e. The van der Waals surface area contributed by atoms with E-state index in [-0.39, 0.29) is 11.6 Å². The molecule has 0 unspecified atom stereocenters. The minimum atomic E-state index is 0.0496. The third-order valence-corrected chi connectivity index (χ3v) is 4.98. The number of carbonyl (C=O) groups is 2. The second kappa shape index (κ2) is 11.9. The monoisotopic (exact) mass is 414 g/mol. The van der Waals surface area contributed by atoms with Crippen LogP contribution in [0.1, 0.15) is 59.2 Å². The third-order valence-electron chi connectivity index (χ3n) is 4.98. The van der Waals surface area contributed by atoms with Crippen molar-refractivity contribution in [3.05, 3.63) is 47.5 Å². The van der Waals surface area contributed by atoms with E-state index in [9.17, 15) is 9.59 Å². The number of methoxy groups -OCH3 is 4. The first kappa shape index (κ1) is 23.3. The molecule has 6 heteroatoms. The van der Waals surface area contributed by atoms with Crippen molar-refractivity contribution in [3.63, 3.8) is 0 Å². The molecule has 2 rings (SSSR count). The fraction of sp³-hybridized carbons (Fsp3) is 0.417. The summed E-state index contributed by atoms with van der Waals surface area (Å²) in [7, 11) is 6.23. The fourth-order valence-electron chi connectivity index (χ4n) is 3.25. The van der Waals surface area contributed by atoms with Crippen molar-refractivity contribution in [1.29, 1.82) is 0 Å². The average Bonchev–Trinajstić information content (AvgIpc) is 2.79. The first-order chi connectivity index (χ1) is 14.5. The number of hydrogen-bond donors (Lipinski definition) is 0. The molecule has 0 heterocycles. The molecule has 162 valence electrons. The lowest BCUT2D eigenvalue weighted by Crippen LogP contribution is -2.03. The van der Waals surface area contributed by atoms with Gasteiger partial charge in [-0.25, -0.2) is 0 Å². The molecule has 0 amide bonds. The molecule has 0 N–H and O–H groups in total. The number of carbonyl (C=O) groups excluding carboxylic acids is 2. The topological polar surface area (TPSA) is 71.1 Å². The molecule has 0 saturated heterocycles. The van der Waals surface area contributed by atoms with E-state index < -0.39 is 0 Å². The van der Waals surface area contributed by atoms with Crippen molar-refractivity contribution in [3.8, 4) is 23.0 Å². The summed E-state index contributed by atoms with van der Waals surface area (Å²) in [4.78, 5) is 24.9. The molecule has 0 bridgehead atoms. The molecule has 30 heavy (non-hydrogen) atoms. The number of ether oxygens (including phenoxy) is 4. The summed E-state index contributed by atoms with van der Waals surface area (Å²) in [5, 5.41) is 0. The molecule has 0 atom stereocenters. The van der Waals surface area contributed by atoms with Gasteiger partial charge in [0.2, 0.25) is 0 Å². The van der Waals surface area contributed by atoms with Crippen molar-refractivity contribution >= 4 is 11.6 Å². The highest BCUT2D eigenvalue weighted by Gasteiger charge is 2.14. The molecule has 6 nitrogen and oxygen atoms in total. The molecular weight excluding hydrogens is 384 g/mol. The van der Waals surface area contributed by atoms with Crippen molar-refractivity contribution in [1.82, 2.24) is 0 Å². The molecule has 0 saturated carbocycles. The summed E-state index contributed by atoms with van der Waals surface area (Å²) in [6, 6.07) is 10.4. The van der Waals surface area contributed by atoms with Gasteiger partial charge in [0.15, 0.2) is 11.6 Å². The molecule has 0 aliphatic carbocycles. The van der Waals surface area contributed by atoms with Gasteiger partial charge in [-0.2, -0.15) is 0 Å². The Morgan fingerprint density at radius 1 is 0.600 bits per heavy atom. The van der Waals surface area contributed by atoms with Crippen molar-refractivity contribution < 1.29 is 28.5 Å². The van der Waals surface area contributed by atoms with Crippen LogP contribution >= 0.6 is 0 Å². The normalized spacial score (nSPS) is 10.4. The van der Waals surface area contributed by atoms with E-state index in [4.69, 9.17) is 18.9 Å². The highest BCUT2D eigenvalue weighted by Crippen LogP contribution is 2.27. The van der Waals surface area contributed by atoms with E-state index in [1.165, 1.54) is 0 Å². The molecule has 0 fully saturated rings. The SMILES string of the molecule is COc1ccc(C(=O)CCCCCCC(=O)c2ccc(OC)cc2OC)c(OC)c1. The van der Waals surface area contributed by atoms with Crippen molar-refractivity contribution in [2.24, 2.45) is 0 Å². The molecule has 0 aliphatic heterocycles. The maximum Gasteiger partial charge on any atom is 0.166 e. The van der Waals surface area contributed by atoms with Gasteiger partial charge in [0, 0.05) is 25.0 Å². The number of hydrogen-bond acceptors (Lipinski definition) is 6. The van der Waals surface area contributed by atoms with Crippen LogP contribution in [0.2, 0.25) is 0 Å². The van der Waals surface area contributed by atoms with Crippen LogP contribution in [0.4, 0.5) is 0 Å². The van der Waals surface area contributed by atoms with Crippen LogP contribution in [0, 0.1) is 0 Å². The number of unbranched alkanes of at least 4 members (excludes halogenated alkanes) is 3. The van der Waals surface area contributed by atoms with Crippen molar-refractivity contribution in [2.75, 3.05) is 28.4 Å². The molecule has 2 aromatic carbocycles. The fourth-order valence-corrected chi connectivity index (χ4v) is 3.25. The number of ketones is 2. The Kier molecular flexibility index (Phi) is 9.19. The molecule has 0 radical (unpaired) electrons. The van der Waals surface area contributed by atoms with Gasteiger partial charge in [0.05, 0.1) is 39.6 Å². The smallest absolute Gasteiger partial charge is 0.166 e. The summed E-state index contributed by atoms with van der Waals surface area (Å²) in [5.41, 5.74) is 1.14. The van der Waals surface area contributed by atoms with Gasteiger partial charge in [-0.05, 0) is 37.1 Å². The van der Waals surface area contributed by atoms with Gasteiger partial charge in [-0.3, -0.25) is 9.59 Å². The van der Waals surface area contributed by atoms with Crippen LogP contribution in [0.3, 0.4) is 0 Å². The Bertz CT molecular complexity index is 787. The zero-order valence-corrected chi connectivity index (χ0v) is 18.2. The maximum absolute atomic E-state index is 12.5. The molecular formula is C24H30O6. The molecule has 0 aromatic heterocycles. The highest BCUT2D eigenvalue weighted by molar-refractivity contribution is 5.99. The number of rotatable bonds is 13. The Balaban J connectivity index is 1.76. The van der Waals surface area contributed by atoms with Crippen molar-refractivity contribution in [2.45, 2.75) is 38.5 Å². The van der Waals surface area contributed by atoms with E-state index in [2.05, 4.69) is 0 Å². The van der Waals surface area contributed by atoms with E-state index in [1.807, 2.05) is 0 Å². The summed E-state index contributed by atoms with van der Waals surface area (Å²) in [5.74, 6) is 2.46. The Labute approximate surface area is 178 Å². The minimum absolute atomic E-state index is 0.0496. The second-order valence-corrected chi connectivity index (χ2v) is 6.89. The Hall–Kier alpha value is -3.02.